The maximum Gasteiger partial charge on any atom is 0.319 e. The molecule has 1 saturated carbocycles. The van der Waals surface area contributed by atoms with Crippen LogP contribution in [0.5, 0.6) is 0 Å². The zero-order valence-corrected chi connectivity index (χ0v) is 16.6. The predicted octanol–water partition coefficient (Wildman–Crippen LogP) is 5.53. The maximum absolute atomic E-state index is 12.4. The minimum absolute atomic E-state index is 0.0280. The average molecular weight is 406 g/mol. The average Bonchev–Trinajstić information content (AvgIpc) is 3.42. The first-order chi connectivity index (χ1) is 12.8. The van der Waals surface area contributed by atoms with Gasteiger partial charge in [-0.1, -0.05) is 35.3 Å². The van der Waals surface area contributed by atoms with Crippen LogP contribution in [0.4, 0.5) is 16.2 Å². The van der Waals surface area contributed by atoms with Crippen LogP contribution in [0.1, 0.15) is 36.9 Å². The van der Waals surface area contributed by atoms with Gasteiger partial charge in [0.15, 0.2) is 0 Å². The first kappa shape index (κ1) is 19.5. The lowest BCUT2D eigenvalue weighted by Gasteiger charge is -2.17. The first-order valence-corrected chi connectivity index (χ1v) is 9.53. The topological polar surface area (TPSA) is 70.2 Å². The quantitative estimate of drug-likeness (QED) is 0.611. The van der Waals surface area contributed by atoms with Gasteiger partial charge in [-0.05, 0) is 62.1 Å². The fourth-order valence-corrected chi connectivity index (χ4v) is 3.28. The number of hydrogen-bond acceptors (Lipinski definition) is 2. The van der Waals surface area contributed by atoms with E-state index in [4.69, 9.17) is 23.2 Å². The number of hydrogen-bond donors (Lipinski definition) is 3. The molecule has 1 aliphatic rings. The number of urea groups is 1. The summed E-state index contributed by atoms with van der Waals surface area (Å²) in [5.74, 6) is 0.149. The number of halogens is 2. The molecule has 1 atom stereocenters. The Labute approximate surface area is 168 Å². The SMILES string of the molecule is Cc1ccc(NC(=O)C2CC2)cc1NC(=O)NC(C)c1ccc(Cl)cc1Cl. The normalized spacial score (nSPS) is 14.4. The lowest BCUT2D eigenvalue weighted by atomic mass is 10.1. The van der Waals surface area contributed by atoms with Gasteiger partial charge in [-0.15, -0.1) is 0 Å². The number of benzene rings is 2. The monoisotopic (exact) mass is 405 g/mol. The lowest BCUT2D eigenvalue weighted by Crippen LogP contribution is -2.31. The summed E-state index contributed by atoms with van der Waals surface area (Å²) in [7, 11) is 0. The Morgan fingerprint density at radius 2 is 1.81 bits per heavy atom. The molecule has 0 bridgehead atoms. The van der Waals surface area contributed by atoms with Gasteiger partial charge in [0.1, 0.15) is 0 Å². The molecule has 0 saturated heterocycles. The molecule has 27 heavy (non-hydrogen) atoms. The van der Waals surface area contributed by atoms with E-state index in [1.54, 1.807) is 24.3 Å². The van der Waals surface area contributed by atoms with Crippen LogP contribution in [-0.2, 0) is 4.79 Å². The van der Waals surface area contributed by atoms with Crippen molar-refractivity contribution in [1.82, 2.24) is 5.32 Å². The van der Waals surface area contributed by atoms with Gasteiger partial charge in [-0.25, -0.2) is 4.79 Å². The molecule has 7 heteroatoms. The summed E-state index contributed by atoms with van der Waals surface area (Å²) < 4.78 is 0. The Balaban J connectivity index is 1.65. The maximum atomic E-state index is 12.4. The molecule has 5 nitrogen and oxygen atoms in total. The van der Waals surface area contributed by atoms with E-state index in [2.05, 4.69) is 16.0 Å². The minimum atomic E-state index is -0.359. The third-order valence-electron chi connectivity index (χ3n) is 4.48. The number of aryl methyl sites for hydroxylation is 1. The molecular weight excluding hydrogens is 385 g/mol. The molecule has 2 aromatic carbocycles. The Morgan fingerprint density at radius 1 is 1.07 bits per heavy atom. The lowest BCUT2D eigenvalue weighted by molar-refractivity contribution is -0.117. The Kier molecular flexibility index (Phi) is 5.92. The van der Waals surface area contributed by atoms with Crippen LogP contribution in [0.3, 0.4) is 0 Å². The summed E-state index contributed by atoms with van der Waals surface area (Å²) >= 11 is 12.1. The van der Waals surface area contributed by atoms with Crippen molar-refractivity contribution in [1.29, 1.82) is 0 Å². The standard InChI is InChI=1S/C20H21Cl2N3O2/c1-11-3-7-15(24-19(26)13-4-5-13)10-18(11)25-20(27)23-12(2)16-8-6-14(21)9-17(16)22/h3,6-10,12-13H,4-5H2,1-2H3,(H,24,26)(H2,23,25,27). The van der Waals surface area contributed by atoms with Crippen LogP contribution in [0, 0.1) is 12.8 Å². The first-order valence-electron chi connectivity index (χ1n) is 8.77. The molecule has 142 valence electrons. The zero-order valence-electron chi connectivity index (χ0n) is 15.1. The molecule has 3 rings (SSSR count). The number of carbonyl (C=O) groups is 2. The van der Waals surface area contributed by atoms with Crippen LogP contribution in [-0.4, -0.2) is 11.9 Å². The highest BCUT2D eigenvalue weighted by molar-refractivity contribution is 6.35. The molecule has 0 radical (unpaired) electrons. The van der Waals surface area contributed by atoms with Crippen LogP contribution < -0.4 is 16.0 Å². The Bertz CT molecular complexity index is 882. The summed E-state index contributed by atoms with van der Waals surface area (Å²) in [6.45, 7) is 3.73. The molecule has 3 N–H and O–H groups in total. The number of carbonyl (C=O) groups excluding carboxylic acids is 2. The minimum Gasteiger partial charge on any atom is -0.331 e. The summed E-state index contributed by atoms with van der Waals surface area (Å²) in [6.07, 6.45) is 1.88. The Morgan fingerprint density at radius 3 is 2.48 bits per heavy atom. The summed E-state index contributed by atoms with van der Waals surface area (Å²) in [5.41, 5.74) is 2.97. The van der Waals surface area contributed by atoms with Crippen molar-refractivity contribution in [2.75, 3.05) is 10.6 Å². The number of anilines is 2. The van der Waals surface area contributed by atoms with Gasteiger partial charge in [-0.2, -0.15) is 0 Å². The molecule has 0 aliphatic heterocycles. The second-order valence-electron chi connectivity index (χ2n) is 6.78. The van der Waals surface area contributed by atoms with Crippen LogP contribution in [0.25, 0.3) is 0 Å². The van der Waals surface area contributed by atoms with E-state index in [0.717, 1.165) is 24.0 Å². The molecule has 0 spiro atoms. The molecule has 0 heterocycles. The second-order valence-corrected chi connectivity index (χ2v) is 7.62. The number of amides is 3. The van der Waals surface area contributed by atoms with Crippen molar-refractivity contribution in [3.8, 4) is 0 Å². The molecule has 1 unspecified atom stereocenters. The number of nitrogens with one attached hydrogen (secondary N) is 3. The summed E-state index contributed by atoms with van der Waals surface area (Å²) in [5, 5.41) is 9.61. The fraction of sp³-hybridized carbons (Fsp3) is 0.300. The van der Waals surface area contributed by atoms with Crippen LogP contribution in [0.15, 0.2) is 36.4 Å². The molecule has 3 amide bonds. The fourth-order valence-electron chi connectivity index (χ4n) is 2.71. The van der Waals surface area contributed by atoms with Crippen LogP contribution >= 0.6 is 23.2 Å². The van der Waals surface area contributed by atoms with Crippen LogP contribution in [0.2, 0.25) is 10.0 Å². The van der Waals surface area contributed by atoms with Gasteiger partial charge in [-0.3, -0.25) is 4.79 Å². The Hall–Kier alpha value is -2.24. The van der Waals surface area contributed by atoms with E-state index in [0.29, 0.717) is 21.4 Å². The molecule has 1 fully saturated rings. The van der Waals surface area contributed by atoms with Crippen molar-refractivity contribution in [3.05, 3.63) is 57.6 Å². The van der Waals surface area contributed by atoms with Gasteiger partial charge in [0.05, 0.1) is 6.04 Å². The van der Waals surface area contributed by atoms with Gasteiger partial charge < -0.3 is 16.0 Å². The highest BCUT2D eigenvalue weighted by atomic mass is 35.5. The van der Waals surface area contributed by atoms with Gasteiger partial charge in [0.25, 0.3) is 0 Å². The highest BCUT2D eigenvalue weighted by Gasteiger charge is 2.29. The molecule has 2 aromatic rings. The highest BCUT2D eigenvalue weighted by Crippen LogP contribution is 2.31. The number of rotatable bonds is 5. The van der Waals surface area contributed by atoms with Gasteiger partial charge in [0.2, 0.25) is 5.91 Å². The third kappa shape index (κ3) is 5.15. The zero-order chi connectivity index (χ0) is 19.6. The van der Waals surface area contributed by atoms with E-state index in [1.165, 1.54) is 0 Å². The van der Waals surface area contributed by atoms with E-state index < -0.39 is 0 Å². The smallest absolute Gasteiger partial charge is 0.319 e. The van der Waals surface area contributed by atoms with Crippen molar-refractivity contribution < 1.29 is 9.59 Å². The largest absolute Gasteiger partial charge is 0.331 e. The van der Waals surface area contributed by atoms with E-state index in [-0.39, 0.29) is 23.9 Å². The van der Waals surface area contributed by atoms with Crippen molar-refractivity contribution in [3.63, 3.8) is 0 Å². The van der Waals surface area contributed by atoms with Gasteiger partial charge >= 0.3 is 6.03 Å². The van der Waals surface area contributed by atoms with E-state index in [1.807, 2.05) is 26.0 Å². The molecule has 1 aliphatic carbocycles. The molecular formula is C20H21Cl2N3O2. The molecule has 0 aromatic heterocycles. The second kappa shape index (κ2) is 8.19. The summed E-state index contributed by atoms with van der Waals surface area (Å²) in [6, 6.07) is 9.95. The van der Waals surface area contributed by atoms with E-state index >= 15 is 0 Å². The van der Waals surface area contributed by atoms with Crippen molar-refractivity contribution in [2.45, 2.75) is 32.7 Å². The predicted molar refractivity (Wildman–Crippen MR) is 110 cm³/mol. The van der Waals surface area contributed by atoms with Gasteiger partial charge in [0, 0.05) is 27.3 Å². The van der Waals surface area contributed by atoms with Crippen molar-refractivity contribution in [2.24, 2.45) is 5.92 Å². The van der Waals surface area contributed by atoms with Crippen molar-refractivity contribution >= 4 is 46.5 Å². The third-order valence-corrected chi connectivity index (χ3v) is 5.04. The van der Waals surface area contributed by atoms with E-state index in [9.17, 15) is 9.59 Å². The summed E-state index contributed by atoms with van der Waals surface area (Å²) in [4.78, 5) is 24.3.